The summed E-state index contributed by atoms with van der Waals surface area (Å²) in [6, 6.07) is 8.47. The molecule has 11 nitrogen and oxygen atoms in total. The molecular weight excluding hydrogens is 484 g/mol. The van der Waals surface area contributed by atoms with E-state index in [2.05, 4.69) is 60.9 Å². The van der Waals surface area contributed by atoms with E-state index in [1.165, 1.54) is 31.2 Å². The molecular formula is C27H44N8O3. The zero-order chi connectivity index (χ0) is 26.7. The second kappa shape index (κ2) is 11.8. The largest absolute Gasteiger partial charge is 0.381 e. The molecule has 6 N–H and O–H groups in total. The first-order valence-corrected chi connectivity index (χ1v) is 14.2. The van der Waals surface area contributed by atoms with E-state index in [-0.39, 0.29) is 36.2 Å². The first-order valence-electron chi connectivity index (χ1n) is 14.2. The van der Waals surface area contributed by atoms with E-state index in [0.29, 0.717) is 19.6 Å². The Hall–Kier alpha value is -2.28. The predicted octanol–water partition coefficient (Wildman–Crippen LogP) is -0.189. The number of anilines is 1. The van der Waals surface area contributed by atoms with Crippen LogP contribution in [0.3, 0.4) is 0 Å². The second-order valence-corrected chi connectivity index (χ2v) is 11.6. The van der Waals surface area contributed by atoms with Gasteiger partial charge in [0.25, 0.3) is 5.91 Å². The Balaban J connectivity index is 1.19. The summed E-state index contributed by atoms with van der Waals surface area (Å²) in [5, 5.41) is 21.0. The molecule has 210 valence electrons. The van der Waals surface area contributed by atoms with Crippen molar-refractivity contribution in [3.8, 4) is 0 Å². The lowest BCUT2D eigenvalue weighted by molar-refractivity contribution is -0.149. The maximum atomic E-state index is 12.8. The smallest absolute Gasteiger partial charge is 0.254 e. The fourth-order valence-electron chi connectivity index (χ4n) is 6.05. The molecule has 0 aromatic heterocycles. The molecule has 0 spiro atoms. The molecule has 1 aromatic carbocycles. The molecule has 0 bridgehead atoms. The lowest BCUT2D eigenvalue weighted by atomic mass is 9.91. The number of nitrogens with one attached hydrogen (secondary N) is 5. The van der Waals surface area contributed by atoms with Crippen molar-refractivity contribution >= 4 is 17.5 Å². The van der Waals surface area contributed by atoms with Gasteiger partial charge in [-0.25, -0.2) is 5.43 Å². The second-order valence-electron chi connectivity index (χ2n) is 11.6. The lowest BCUT2D eigenvalue weighted by Crippen LogP contribution is -2.76. The molecule has 4 saturated heterocycles. The molecule has 2 amide bonds. The number of carbonyl (C=O) groups excluding carboxylic acids is 2. The van der Waals surface area contributed by atoms with Crippen molar-refractivity contribution in [1.82, 2.24) is 36.2 Å². The third-order valence-corrected chi connectivity index (χ3v) is 8.21. The Kier molecular flexibility index (Phi) is 8.51. The van der Waals surface area contributed by atoms with Crippen LogP contribution in [-0.4, -0.2) is 102 Å². The Labute approximate surface area is 225 Å². The van der Waals surface area contributed by atoms with Gasteiger partial charge in [0.1, 0.15) is 11.9 Å². The predicted molar refractivity (Wildman–Crippen MR) is 146 cm³/mol. The van der Waals surface area contributed by atoms with Crippen molar-refractivity contribution in [2.75, 3.05) is 51.1 Å². The summed E-state index contributed by atoms with van der Waals surface area (Å²) in [6.07, 6.45) is 4.81. The number of hydrogen-bond acceptors (Lipinski definition) is 9. The van der Waals surface area contributed by atoms with Crippen molar-refractivity contribution in [1.29, 1.82) is 0 Å². The molecule has 1 aromatic rings. The molecule has 0 saturated carbocycles. The summed E-state index contributed by atoms with van der Waals surface area (Å²) in [7, 11) is 0. The molecule has 4 atom stereocenters. The number of aliphatic hydroxyl groups is 1. The van der Waals surface area contributed by atoms with E-state index in [9.17, 15) is 14.7 Å². The maximum absolute atomic E-state index is 12.8. The van der Waals surface area contributed by atoms with Crippen LogP contribution in [0, 0.1) is 5.92 Å². The molecule has 4 fully saturated rings. The highest BCUT2D eigenvalue weighted by atomic mass is 16.3. The van der Waals surface area contributed by atoms with Crippen molar-refractivity contribution in [3.63, 3.8) is 0 Å². The number of amides is 2. The maximum Gasteiger partial charge on any atom is 0.254 e. The molecule has 0 aliphatic carbocycles. The van der Waals surface area contributed by atoms with Gasteiger partial charge in [-0.1, -0.05) is 25.0 Å². The van der Waals surface area contributed by atoms with E-state index >= 15 is 0 Å². The summed E-state index contributed by atoms with van der Waals surface area (Å²) in [5.41, 5.74) is 6.71. The summed E-state index contributed by atoms with van der Waals surface area (Å²) in [6.45, 7) is 9.53. The third kappa shape index (κ3) is 6.47. The Morgan fingerprint density at radius 1 is 1.00 bits per heavy atom. The van der Waals surface area contributed by atoms with Gasteiger partial charge in [0.05, 0.1) is 12.1 Å². The van der Waals surface area contributed by atoms with E-state index < -0.39 is 5.60 Å². The third-order valence-electron chi connectivity index (χ3n) is 8.21. The minimum absolute atomic E-state index is 0.00750. The van der Waals surface area contributed by atoms with Crippen LogP contribution in [0.5, 0.6) is 0 Å². The Morgan fingerprint density at radius 2 is 1.68 bits per heavy atom. The highest BCUT2D eigenvalue weighted by molar-refractivity contribution is 5.84. The monoisotopic (exact) mass is 528 g/mol. The first kappa shape index (κ1) is 27.3. The number of hydrazine groups is 1. The number of piperazine rings is 1. The van der Waals surface area contributed by atoms with Crippen LogP contribution < -0.4 is 26.8 Å². The molecule has 11 heteroatoms. The summed E-state index contributed by atoms with van der Waals surface area (Å²) >= 11 is 0. The van der Waals surface area contributed by atoms with Crippen molar-refractivity contribution in [3.05, 3.63) is 29.8 Å². The summed E-state index contributed by atoms with van der Waals surface area (Å²) in [4.78, 5) is 31.7. The highest BCUT2D eigenvalue weighted by Gasteiger charge is 2.45. The van der Waals surface area contributed by atoms with Crippen molar-refractivity contribution in [2.45, 2.75) is 70.2 Å². The van der Waals surface area contributed by atoms with E-state index in [0.717, 1.165) is 38.4 Å². The van der Waals surface area contributed by atoms with E-state index in [1.807, 2.05) is 0 Å². The fourth-order valence-corrected chi connectivity index (χ4v) is 6.05. The number of carbonyl (C=O) groups is 2. The van der Waals surface area contributed by atoms with Crippen LogP contribution in [0.15, 0.2) is 24.3 Å². The number of rotatable bonds is 6. The standard InChI is InChI=1S/C27H44N8O3/c1-27(2,38)25(37)34-15-13-33(14-16-34)18-19-7-9-20(10-8-19)29-23-22-21(17-28-32-24(22)36)30-26(31-23)35-11-5-3-4-6-12-35/h7-10,21-23,26,28-31,38H,3-6,11-18H2,1-2H3,(H,32,36). The number of likely N-dealkylation sites (tertiary alicyclic amines) is 1. The van der Waals surface area contributed by atoms with Gasteiger partial charge >= 0.3 is 0 Å². The molecule has 5 rings (SSSR count). The minimum Gasteiger partial charge on any atom is -0.381 e. The van der Waals surface area contributed by atoms with Crippen molar-refractivity contribution in [2.24, 2.45) is 5.92 Å². The van der Waals surface area contributed by atoms with Gasteiger partial charge in [0, 0.05) is 64.1 Å². The van der Waals surface area contributed by atoms with Gasteiger partial charge in [0.15, 0.2) is 0 Å². The van der Waals surface area contributed by atoms with E-state index in [1.54, 1.807) is 18.7 Å². The summed E-state index contributed by atoms with van der Waals surface area (Å²) in [5.74, 6) is -0.448. The van der Waals surface area contributed by atoms with Crippen LogP contribution in [-0.2, 0) is 16.1 Å². The van der Waals surface area contributed by atoms with Gasteiger partial charge in [-0.15, -0.1) is 0 Å². The molecule has 4 aliphatic rings. The van der Waals surface area contributed by atoms with Gasteiger partial charge in [-0.3, -0.25) is 35.4 Å². The molecule has 4 aliphatic heterocycles. The number of hydrogen-bond donors (Lipinski definition) is 6. The summed E-state index contributed by atoms with van der Waals surface area (Å²) < 4.78 is 0. The van der Waals surface area contributed by atoms with E-state index in [4.69, 9.17) is 0 Å². The molecule has 4 unspecified atom stereocenters. The number of benzene rings is 1. The topological polar surface area (TPSA) is 124 Å². The van der Waals surface area contributed by atoms with Crippen molar-refractivity contribution < 1.29 is 14.7 Å². The van der Waals surface area contributed by atoms with Crippen LogP contribution in [0.2, 0.25) is 0 Å². The van der Waals surface area contributed by atoms with Crippen LogP contribution in [0.4, 0.5) is 5.69 Å². The zero-order valence-electron chi connectivity index (χ0n) is 22.7. The first-order chi connectivity index (χ1) is 18.3. The zero-order valence-corrected chi connectivity index (χ0v) is 22.7. The Morgan fingerprint density at radius 3 is 2.34 bits per heavy atom. The normalized spacial score (nSPS) is 29.8. The highest BCUT2D eigenvalue weighted by Crippen LogP contribution is 2.23. The lowest BCUT2D eigenvalue weighted by Gasteiger charge is -2.48. The fraction of sp³-hybridized carbons (Fsp3) is 0.704. The van der Waals surface area contributed by atoms with Crippen LogP contribution in [0.1, 0.15) is 45.1 Å². The quantitative estimate of drug-likeness (QED) is 0.298. The number of nitrogens with zero attached hydrogens (tertiary/aromatic N) is 3. The van der Waals surface area contributed by atoms with Gasteiger partial charge in [0.2, 0.25) is 5.91 Å². The van der Waals surface area contributed by atoms with Gasteiger partial charge < -0.3 is 15.3 Å². The number of fused-ring (bicyclic) bond motifs is 1. The van der Waals surface area contributed by atoms with Crippen LogP contribution >= 0.6 is 0 Å². The minimum atomic E-state index is -1.32. The molecule has 0 radical (unpaired) electrons. The SMILES string of the molecule is CC(C)(O)C(=O)N1CCN(Cc2ccc(NC3NC(N4CCCCCC4)NC4CNNC(=O)C43)cc2)CC1. The average molecular weight is 529 g/mol. The Bertz CT molecular complexity index is 952. The molecule has 38 heavy (non-hydrogen) atoms. The van der Waals surface area contributed by atoms with Gasteiger partial charge in [-0.2, -0.15) is 0 Å². The van der Waals surface area contributed by atoms with Gasteiger partial charge in [-0.05, 0) is 44.4 Å². The average Bonchev–Trinajstić information content (AvgIpc) is 3.19. The van der Waals surface area contributed by atoms with Crippen LogP contribution in [0.25, 0.3) is 0 Å². The molecule has 4 heterocycles.